The van der Waals surface area contributed by atoms with Gasteiger partial charge in [-0.2, -0.15) is 22.6 Å². The highest BCUT2D eigenvalue weighted by molar-refractivity contribution is 7.89. The fourth-order valence-electron chi connectivity index (χ4n) is 1.70. The van der Waals surface area contributed by atoms with Gasteiger partial charge in [0, 0.05) is 19.8 Å². The lowest BCUT2D eigenvalue weighted by Gasteiger charge is -2.16. The van der Waals surface area contributed by atoms with Crippen LogP contribution < -0.4 is 0 Å². The van der Waals surface area contributed by atoms with Crippen LogP contribution in [0.4, 0.5) is 13.2 Å². The number of nitrogens with one attached hydrogen (secondary N) is 1. The topological polar surface area (TPSA) is 66.1 Å². The molecule has 114 valence electrons. The summed E-state index contributed by atoms with van der Waals surface area (Å²) in [5.74, 6) is 0. The van der Waals surface area contributed by atoms with Gasteiger partial charge in [-0.15, -0.1) is 0 Å². The molecular formula is C12H12F3N3O2S. The lowest BCUT2D eigenvalue weighted by atomic mass is 10.1. The molecular weight excluding hydrogens is 307 g/mol. The molecule has 2 aromatic rings. The van der Waals surface area contributed by atoms with Crippen LogP contribution in [0.5, 0.6) is 0 Å². The van der Waals surface area contributed by atoms with E-state index in [1.807, 2.05) is 0 Å². The Morgan fingerprint density at radius 3 is 2.33 bits per heavy atom. The molecule has 1 aromatic heterocycles. The number of rotatable bonds is 4. The summed E-state index contributed by atoms with van der Waals surface area (Å²) in [5.41, 5.74) is -0.316. The Bertz CT molecular complexity index is 694. The Morgan fingerprint density at radius 2 is 1.86 bits per heavy atom. The molecule has 21 heavy (non-hydrogen) atoms. The third kappa shape index (κ3) is 3.42. The zero-order valence-electron chi connectivity index (χ0n) is 10.9. The predicted octanol–water partition coefficient (Wildman–Crippen LogP) is 2.25. The molecule has 0 atom stereocenters. The standard InChI is InChI=1S/C12H12F3N3O2S/c1-18(21(19,20)11-6-16-17-7-11)8-9-2-4-10(5-3-9)12(13,14)15/h2-7H,8H2,1H3,(H,16,17). The second kappa shape index (κ2) is 5.49. The summed E-state index contributed by atoms with van der Waals surface area (Å²) in [6.45, 7) is -0.0361. The maximum Gasteiger partial charge on any atom is 0.416 e. The smallest absolute Gasteiger partial charge is 0.284 e. The monoisotopic (exact) mass is 319 g/mol. The highest BCUT2D eigenvalue weighted by Crippen LogP contribution is 2.29. The van der Waals surface area contributed by atoms with E-state index in [4.69, 9.17) is 0 Å². The second-order valence-corrected chi connectivity index (χ2v) is 6.43. The maximum absolute atomic E-state index is 12.4. The lowest BCUT2D eigenvalue weighted by molar-refractivity contribution is -0.137. The van der Waals surface area contributed by atoms with Gasteiger partial charge in [0.15, 0.2) is 0 Å². The van der Waals surface area contributed by atoms with Gasteiger partial charge in [-0.1, -0.05) is 12.1 Å². The summed E-state index contributed by atoms with van der Waals surface area (Å²) >= 11 is 0. The second-order valence-electron chi connectivity index (χ2n) is 4.39. The van der Waals surface area contributed by atoms with Gasteiger partial charge in [-0.3, -0.25) is 5.10 Å². The highest BCUT2D eigenvalue weighted by Gasteiger charge is 2.30. The Labute approximate surface area is 119 Å². The average molecular weight is 319 g/mol. The van der Waals surface area contributed by atoms with Gasteiger partial charge in [0.25, 0.3) is 0 Å². The predicted molar refractivity (Wildman–Crippen MR) is 68.7 cm³/mol. The molecule has 0 saturated heterocycles. The molecule has 0 amide bonds. The maximum atomic E-state index is 12.4. The van der Waals surface area contributed by atoms with Crippen molar-refractivity contribution in [3.63, 3.8) is 0 Å². The van der Waals surface area contributed by atoms with Gasteiger partial charge in [0.05, 0.1) is 11.8 Å². The number of alkyl halides is 3. The zero-order valence-corrected chi connectivity index (χ0v) is 11.7. The normalized spacial score (nSPS) is 12.8. The Morgan fingerprint density at radius 1 is 1.24 bits per heavy atom. The van der Waals surface area contributed by atoms with Crippen molar-refractivity contribution in [3.05, 3.63) is 47.8 Å². The first kappa shape index (κ1) is 15.5. The minimum Gasteiger partial charge on any atom is -0.284 e. The van der Waals surface area contributed by atoms with Crippen molar-refractivity contribution in [3.8, 4) is 0 Å². The molecule has 2 rings (SSSR count). The quantitative estimate of drug-likeness (QED) is 0.940. The first-order valence-corrected chi connectivity index (χ1v) is 7.26. The number of nitrogens with zero attached hydrogens (tertiary/aromatic N) is 2. The first-order chi connectivity index (χ1) is 9.71. The number of hydrogen-bond donors (Lipinski definition) is 1. The van der Waals surface area contributed by atoms with Gasteiger partial charge in [-0.25, -0.2) is 8.42 Å². The number of aromatic nitrogens is 2. The van der Waals surface area contributed by atoms with E-state index in [0.29, 0.717) is 5.56 Å². The molecule has 0 saturated carbocycles. The molecule has 0 bridgehead atoms. The Balaban J connectivity index is 2.15. The molecule has 0 aliphatic rings. The fraction of sp³-hybridized carbons (Fsp3) is 0.250. The summed E-state index contributed by atoms with van der Waals surface area (Å²) in [6.07, 6.45) is -2.01. The van der Waals surface area contributed by atoms with Gasteiger partial charge in [0.2, 0.25) is 10.0 Å². The van der Waals surface area contributed by atoms with E-state index in [9.17, 15) is 21.6 Å². The Hall–Kier alpha value is -1.87. The summed E-state index contributed by atoms with van der Waals surface area (Å²) in [4.78, 5) is -0.00286. The molecule has 1 N–H and O–H groups in total. The van der Waals surface area contributed by atoms with Crippen molar-refractivity contribution in [2.45, 2.75) is 17.6 Å². The molecule has 9 heteroatoms. The van der Waals surface area contributed by atoms with E-state index in [1.165, 1.54) is 31.6 Å². The van der Waals surface area contributed by atoms with Crippen molar-refractivity contribution in [1.82, 2.24) is 14.5 Å². The molecule has 0 unspecified atom stereocenters. The molecule has 0 fully saturated rings. The molecule has 0 spiro atoms. The summed E-state index contributed by atoms with van der Waals surface area (Å²) in [6, 6.07) is 4.36. The van der Waals surface area contributed by atoms with Crippen LogP contribution in [0.15, 0.2) is 41.6 Å². The van der Waals surface area contributed by atoms with Crippen LogP contribution in [0.1, 0.15) is 11.1 Å². The first-order valence-electron chi connectivity index (χ1n) is 5.82. The molecule has 0 aliphatic carbocycles. The zero-order chi connectivity index (χ0) is 15.7. The van der Waals surface area contributed by atoms with Crippen LogP contribution in [0.3, 0.4) is 0 Å². The third-order valence-electron chi connectivity index (χ3n) is 2.87. The van der Waals surface area contributed by atoms with Crippen molar-refractivity contribution in [2.75, 3.05) is 7.05 Å². The van der Waals surface area contributed by atoms with Gasteiger partial charge >= 0.3 is 6.18 Å². The van der Waals surface area contributed by atoms with Crippen LogP contribution in [0.25, 0.3) is 0 Å². The van der Waals surface area contributed by atoms with Crippen LogP contribution >= 0.6 is 0 Å². The Kier molecular flexibility index (Phi) is 4.06. The number of aromatic amines is 1. The minimum atomic E-state index is -4.41. The lowest BCUT2D eigenvalue weighted by Crippen LogP contribution is -2.26. The van der Waals surface area contributed by atoms with E-state index in [0.717, 1.165) is 16.4 Å². The van der Waals surface area contributed by atoms with E-state index < -0.39 is 21.8 Å². The van der Waals surface area contributed by atoms with Gasteiger partial charge in [-0.05, 0) is 17.7 Å². The molecule has 0 aliphatic heterocycles. The van der Waals surface area contributed by atoms with Crippen LogP contribution in [-0.2, 0) is 22.7 Å². The summed E-state index contributed by atoms with van der Waals surface area (Å²) in [7, 11) is -2.37. The van der Waals surface area contributed by atoms with Crippen molar-refractivity contribution in [1.29, 1.82) is 0 Å². The van der Waals surface area contributed by atoms with E-state index in [2.05, 4.69) is 10.2 Å². The van der Waals surface area contributed by atoms with Gasteiger partial charge < -0.3 is 0 Å². The number of sulfonamides is 1. The van der Waals surface area contributed by atoms with Crippen LogP contribution in [0, 0.1) is 0 Å². The number of H-pyrrole nitrogens is 1. The van der Waals surface area contributed by atoms with Crippen molar-refractivity contribution >= 4 is 10.0 Å². The molecule has 1 aromatic carbocycles. The number of hydrogen-bond acceptors (Lipinski definition) is 3. The molecule has 5 nitrogen and oxygen atoms in total. The van der Waals surface area contributed by atoms with E-state index in [-0.39, 0.29) is 11.4 Å². The number of halogens is 3. The molecule has 0 radical (unpaired) electrons. The number of benzene rings is 1. The largest absolute Gasteiger partial charge is 0.416 e. The average Bonchev–Trinajstić information content (AvgIpc) is 2.92. The third-order valence-corrected chi connectivity index (χ3v) is 4.64. The van der Waals surface area contributed by atoms with Crippen molar-refractivity contribution in [2.24, 2.45) is 0 Å². The minimum absolute atomic E-state index is 0.00286. The van der Waals surface area contributed by atoms with Crippen LogP contribution in [-0.4, -0.2) is 30.0 Å². The van der Waals surface area contributed by atoms with Gasteiger partial charge in [0.1, 0.15) is 4.90 Å². The highest BCUT2D eigenvalue weighted by atomic mass is 32.2. The van der Waals surface area contributed by atoms with E-state index >= 15 is 0 Å². The SMILES string of the molecule is CN(Cc1ccc(C(F)(F)F)cc1)S(=O)(=O)c1cn[nH]c1. The fourth-order valence-corrected chi connectivity index (χ4v) is 2.77. The van der Waals surface area contributed by atoms with Crippen molar-refractivity contribution < 1.29 is 21.6 Å². The summed E-state index contributed by atoms with van der Waals surface area (Å²) in [5, 5.41) is 5.96. The molecule has 1 heterocycles. The van der Waals surface area contributed by atoms with E-state index in [1.54, 1.807) is 0 Å². The van der Waals surface area contributed by atoms with Crippen LogP contribution in [0.2, 0.25) is 0 Å². The summed E-state index contributed by atoms with van der Waals surface area (Å²) < 4.78 is 62.6.